The quantitative estimate of drug-likeness (QED) is 0.606. The van der Waals surface area contributed by atoms with E-state index in [-0.39, 0.29) is 0 Å². The largest absolute Gasteiger partial charge is 0.348 e. The molecule has 0 radical (unpaired) electrons. The number of hydrogen-bond acceptors (Lipinski definition) is 5. The molecule has 0 unspecified atom stereocenters. The minimum Gasteiger partial charge on any atom is -0.348 e. The highest BCUT2D eigenvalue weighted by atomic mass is 15.3. The van der Waals surface area contributed by atoms with Gasteiger partial charge in [-0.2, -0.15) is 5.10 Å². The summed E-state index contributed by atoms with van der Waals surface area (Å²) in [6.07, 6.45) is 3.50. The first-order valence-corrected chi connectivity index (χ1v) is 8.28. The summed E-state index contributed by atoms with van der Waals surface area (Å²) in [5.41, 5.74) is 3.75. The molecule has 0 bridgehead atoms. The molecule has 4 aromatic rings. The zero-order valence-electron chi connectivity index (χ0n) is 13.9. The number of fused-ring (bicyclic) bond motifs is 1. The van der Waals surface area contributed by atoms with Crippen molar-refractivity contribution >= 4 is 16.9 Å². The van der Waals surface area contributed by atoms with Crippen LogP contribution in [0.5, 0.6) is 0 Å². The van der Waals surface area contributed by atoms with Gasteiger partial charge in [-0.05, 0) is 31.2 Å². The summed E-state index contributed by atoms with van der Waals surface area (Å²) in [6.45, 7) is 3.50. The summed E-state index contributed by atoms with van der Waals surface area (Å²) in [6, 6.07) is 15.9. The van der Waals surface area contributed by atoms with Gasteiger partial charge in [0.2, 0.25) is 5.95 Å². The average Bonchev–Trinajstić information content (AvgIpc) is 3.05. The van der Waals surface area contributed by atoms with E-state index in [1.54, 1.807) is 12.4 Å². The van der Waals surface area contributed by atoms with Crippen molar-refractivity contribution in [3.8, 4) is 11.4 Å². The minimum atomic E-state index is 0.568. The van der Waals surface area contributed by atoms with Crippen LogP contribution in [0.25, 0.3) is 22.3 Å². The first kappa shape index (κ1) is 15.3. The molecule has 6 heteroatoms. The summed E-state index contributed by atoms with van der Waals surface area (Å²) in [4.78, 5) is 13.2. The van der Waals surface area contributed by atoms with Crippen molar-refractivity contribution in [2.75, 3.05) is 5.32 Å². The fraction of sp³-hybridized carbons (Fsp3) is 0.158. The molecular weight excluding hydrogens is 312 g/mol. The van der Waals surface area contributed by atoms with E-state index in [2.05, 4.69) is 44.4 Å². The number of anilines is 1. The molecule has 3 heterocycles. The molecule has 6 nitrogen and oxygen atoms in total. The third-order valence-corrected chi connectivity index (χ3v) is 4.03. The predicted molar refractivity (Wildman–Crippen MR) is 98.0 cm³/mol. The lowest BCUT2D eigenvalue weighted by atomic mass is 10.2. The fourth-order valence-electron chi connectivity index (χ4n) is 2.83. The van der Waals surface area contributed by atoms with Crippen molar-refractivity contribution < 1.29 is 0 Å². The maximum absolute atomic E-state index is 4.69. The molecule has 0 aliphatic carbocycles. The van der Waals surface area contributed by atoms with Gasteiger partial charge in [0.05, 0.1) is 29.1 Å². The van der Waals surface area contributed by atoms with Crippen LogP contribution in [0.4, 0.5) is 5.95 Å². The molecule has 1 aromatic carbocycles. The first-order chi connectivity index (χ1) is 12.3. The molecule has 124 valence electrons. The van der Waals surface area contributed by atoms with Gasteiger partial charge in [-0.15, -0.1) is 0 Å². The molecule has 25 heavy (non-hydrogen) atoms. The molecule has 0 amide bonds. The topological polar surface area (TPSA) is 68.5 Å². The molecule has 0 fully saturated rings. The summed E-state index contributed by atoms with van der Waals surface area (Å²) in [5.74, 6) is 0.568. The minimum absolute atomic E-state index is 0.568. The fourth-order valence-corrected chi connectivity index (χ4v) is 2.83. The molecule has 1 N–H and O–H groups in total. The average molecular weight is 330 g/mol. The zero-order valence-corrected chi connectivity index (χ0v) is 13.9. The van der Waals surface area contributed by atoms with Crippen LogP contribution in [0.3, 0.4) is 0 Å². The summed E-state index contributed by atoms with van der Waals surface area (Å²) >= 11 is 0. The van der Waals surface area contributed by atoms with Crippen molar-refractivity contribution in [2.45, 2.75) is 20.0 Å². The maximum atomic E-state index is 4.69. The Hall–Kier alpha value is -3.28. The van der Waals surface area contributed by atoms with Gasteiger partial charge in [-0.1, -0.05) is 24.3 Å². The monoisotopic (exact) mass is 330 g/mol. The van der Waals surface area contributed by atoms with E-state index < -0.39 is 0 Å². The Balaban J connectivity index is 1.58. The number of aromatic nitrogens is 5. The Kier molecular flexibility index (Phi) is 4.08. The van der Waals surface area contributed by atoms with Crippen LogP contribution >= 0.6 is 0 Å². The maximum Gasteiger partial charge on any atom is 0.223 e. The number of aryl methyl sites for hydroxylation is 1. The SMILES string of the molecule is CCn1nc(CNc2nccc(-c3ccccn3)n2)c2ccccc21. The normalized spacial score (nSPS) is 10.9. The summed E-state index contributed by atoms with van der Waals surface area (Å²) in [5, 5.41) is 9.12. The highest BCUT2D eigenvalue weighted by molar-refractivity contribution is 5.82. The molecule has 0 saturated heterocycles. The van der Waals surface area contributed by atoms with Gasteiger partial charge in [0.15, 0.2) is 0 Å². The smallest absolute Gasteiger partial charge is 0.223 e. The van der Waals surface area contributed by atoms with E-state index in [4.69, 9.17) is 0 Å². The number of hydrogen-bond donors (Lipinski definition) is 1. The second kappa shape index (κ2) is 6.68. The van der Waals surface area contributed by atoms with Crippen molar-refractivity contribution in [3.05, 3.63) is 66.6 Å². The lowest BCUT2D eigenvalue weighted by Gasteiger charge is -2.05. The third kappa shape index (κ3) is 3.06. The van der Waals surface area contributed by atoms with Crippen molar-refractivity contribution in [1.29, 1.82) is 0 Å². The number of nitrogens with zero attached hydrogens (tertiary/aromatic N) is 5. The Morgan fingerprint density at radius 2 is 1.80 bits per heavy atom. The van der Waals surface area contributed by atoms with Crippen molar-refractivity contribution in [2.24, 2.45) is 0 Å². The van der Waals surface area contributed by atoms with Gasteiger partial charge >= 0.3 is 0 Å². The van der Waals surface area contributed by atoms with E-state index in [1.807, 2.05) is 41.1 Å². The second-order valence-electron chi connectivity index (χ2n) is 5.61. The third-order valence-electron chi connectivity index (χ3n) is 4.03. The molecule has 4 rings (SSSR count). The van der Waals surface area contributed by atoms with E-state index in [0.29, 0.717) is 12.5 Å². The van der Waals surface area contributed by atoms with Crippen LogP contribution in [0.2, 0.25) is 0 Å². The van der Waals surface area contributed by atoms with Gasteiger partial charge in [0.25, 0.3) is 0 Å². The Bertz CT molecular complexity index is 993. The van der Waals surface area contributed by atoms with Crippen LogP contribution in [-0.2, 0) is 13.1 Å². The number of rotatable bonds is 5. The Labute approximate surface area is 145 Å². The zero-order chi connectivity index (χ0) is 17.1. The van der Waals surface area contributed by atoms with Crippen LogP contribution in [0.15, 0.2) is 60.9 Å². The predicted octanol–water partition coefficient (Wildman–Crippen LogP) is 3.52. The molecule has 0 aliphatic rings. The molecule has 0 saturated carbocycles. The van der Waals surface area contributed by atoms with Crippen LogP contribution < -0.4 is 5.32 Å². The van der Waals surface area contributed by atoms with Gasteiger partial charge < -0.3 is 5.32 Å². The molecule has 0 aliphatic heterocycles. The Morgan fingerprint density at radius 1 is 0.920 bits per heavy atom. The van der Waals surface area contributed by atoms with Crippen LogP contribution in [0.1, 0.15) is 12.6 Å². The number of benzene rings is 1. The van der Waals surface area contributed by atoms with E-state index in [9.17, 15) is 0 Å². The molecule has 0 atom stereocenters. The Morgan fingerprint density at radius 3 is 2.64 bits per heavy atom. The van der Waals surface area contributed by atoms with Gasteiger partial charge in [0, 0.05) is 24.3 Å². The highest BCUT2D eigenvalue weighted by Crippen LogP contribution is 2.19. The standard InChI is InChI=1S/C19H18N6/c1-2-25-18-9-4-3-7-14(18)17(24-25)13-22-19-21-12-10-16(23-19)15-8-5-6-11-20-15/h3-12H,2,13H2,1H3,(H,21,22,23). The molecule has 3 aromatic heterocycles. The van der Waals surface area contributed by atoms with E-state index >= 15 is 0 Å². The van der Waals surface area contributed by atoms with Crippen LogP contribution in [-0.4, -0.2) is 24.7 Å². The van der Waals surface area contributed by atoms with Gasteiger partial charge in [-0.3, -0.25) is 9.67 Å². The summed E-state index contributed by atoms with van der Waals surface area (Å²) in [7, 11) is 0. The highest BCUT2D eigenvalue weighted by Gasteiger charge is 2.10. The number of nitrogens with one attached hydrogen (secondary N) is 1. The van der Waals surface area contributed by atoms with Crippen LogP contribution in [0, 0.1) is 0 Å². The van der Waals surface area contributed by atoms with Crippen molar-refractivity contribution in [1.82, 2.24) is 24.7 Å². The second-order valence-corrected chi connectivity index (χ2v) is 5.61. The van der Waals surface area contributed by atoms with Gasteiger partial charge in [-0.25, -0.2) is 9.97 Å². The molecular formula is C19H18N6. The van der Waals surface area contributed by atoms with E-state index in [1.165, 1.54) is 0 Å². The van der Waals surface area contributed by atoms with E-state index in [0.717, 1.165) is 34.5 Å². The van der Waals surface area contributed by atoms with Crippen molar-refractivity contribution in [3.63, 3.8) is 0 Å². The first-order valence-electron chi connectivity index (χ1n) is 8.28. The lowest BCUT2D eigenvalue weighted by Crippen LogP contribution is -2.06. The number of para-hydroxylation sites is 1. The van der Waals surface area contributed by atoms with Gasteiger partial charge in [0.1, 0.15) is 0 Å². The molecule has 0 spiro atoms. The number of pyridine rings is 1. The summed E-state index contributed by atoms with van der Waals surface area (Å²) < 4.78 is 2.01. The lowest BCUT2D eigenvalue weighted by molar-refractivity contribution is 0.670.